The summed E-state index contributed by atoms with van der Waals surface area (Å²) >= 11 is 0. The van der Waals surface area contributed by atoms with Gasteiger partial charge >= 0.3 is 5.97 Å². The summed E-state index contributed by atoms with van der Waals surface area (Å²) in [6.45, 7) is 4.88. The number of rotatable bonds is 48. The molecule has 6 nitrogen and oxygen atoms in total. The van der Waals surface area contributed by atoms with Crippen molar-refractivity contribution in [2.75, 3.05) is 13.2 Å². The van der Waals surface area contributed by atoms with Crippen LogP contribution in [0, 0.1) is 0 Å². The van der Waals surface area contributed by atoms with Crippen LogP contribution in [-0.2, 0) is 14.3 Å². The maximum Gasteiger partial charge on any atom is 0.305 e. The average Bonchev–Trinajstić information content (AvgIpc) is 3.24. The molecule has 2 atom stereocenters. The van der Waals surface area contributed by atoms with Crippen molar-refractivity contribution in [3.63, 3.8) is 0 Å². The zero-order valence-corrected chi connectivity index (χ0v) is 39.5. The lowest BCUT2D eigenvalue weighted by Crippen LogP contribution is -2.45. The van der Waals surface area contributed by atoms with Crippen LogP contribution in [0.4, 0.5) is 0 Å². The molecule has 0 aliphatic heterocycles. The topological polar surface area (TPSA) is 95.9 Å². The fraction of sp³-hybridized carbons (Fsp3) is 0.887. The van der Waals surface area contributed by atoms with Gasteiger partial charge in [-0.15, -0.1) is 0 Å². The summed E-state index contributed by atoms with van der Waals surface area (Å²) in [5.41, 5.74) is 0. The molecule has 348 valence electrons. The molecule has 0 aromatic rings. The number of hydrogen-bond acceptors (Lipinski definition) is 5. The number of allylic oxidation sites excluding steroid dienone is 4. The van der Waals surface area contributed by atoms with E-state index in [0.717, 1.165) is 64.2 Å². The van der Waals surface area contributed by atoms with Crippen molar-refractivity contribution in [2.24, 2.45) is 0 Å². The van der Waals surface area contributed by atoms with Crippen molar-refractivity contribution < 1.29 is 24.5 Å². The first-order valence-corrected chi connectivity index (χ1v) is 26.1. The third kappa shape index (κ3) is 45.7. The van der Waals surface area contributed by atoms with Crippen LogP contribution in [-0.4, -0.2) is 47.4 Å². The molecule has 0 aromatic carbocycles. The van der Waals surface area contributed by atoms with E-state index in [0.29, 0.717) is 25.9 Å². The smallest absolute Gasteiger partial charge is 0.305 e. The van der Waals surface area contributed by atoms with E-state index in [1.165, 1.54) is 180 Å². The van der Waals surface area contributed by atoms with Gasteiger partial charge in [-0.2, -0.15) is 0 Å². The summed E-state index contributed by atoms with van der Waals surface area (Å²) in [6, 6.07) is -0.555. The molecular formula is C53H101NO5. The normalized spacial score (nSPS) is 12.8. The fourth-order valence-corrected chi connectivity index (χ4v) is 7.96. The van der Waals surface area contributed by atoms with Crippen molar-refractivity contribution in [3.05, 3.63) is 24.3 Å². The quantitative estimate of drug-likeness (QED) is 0.0322. The van der Waals surface area contributed by atoms with E-state index in [2.05, 4.69) is 43.5 Å². The second kappa shape index (κ2) is 49.0. The number of carbonyl (C=O) groups is 2. The Labute approximate surface area is 367 Å². The predicted molar refractivity (Wildman–Crippen MR) is 255 cm³/mol. The highest BCUT2D eigenvalue weighted by Gasteiger charge is 2.20. The van der Waals surface area contributed by atoms with Crippen molar-refractivity contribution in [1.82, 2.24) is 5.32 Å². The molecule has 6 heteroatoms. The van der Waals surface area contributed by atoms with Crippen molar-refractivity contribution in [3.8, 4) is 0 Å². The molecule has 0 fully saturated rings. The van der Waals surface area contributed by atoms with E-state index in [1.807, 2.05) is 0 Å². The van der Waals surface area contributed by atoms with Crippen LogP contribution >= 0.6 is 0 Å². The van der Waals surface area contributed by atoms with Crippen molar-refractivity contribution in [1.29, 1.82) is 0 Å². The molecule has 0 aliphatic rings. The highest BCUT2D eigenvalue weighted by Crippen LogP contribution is 2.16. The molecular weight excluding hydrogens is 731 g/mol. The lowest BCUT2D eigenvalue weighted by atomic mass is 10.0. The Morgan fingerprint density at radius 1 is 0.475 bits per heavy atom. The van der Waals surface area contributed by atoms with Crippen LogP contribution in [0.25, 0.3) is 0 Å². The Balaban J connectivity index is 3.47. The largest absolute Gasteiger partial charge is 0.466 e. The molecule has 0 spiro atoms. The van der Waals surface area contributed by atoms with Gasteiger partial charge in [0.15, 0.2) is 0 Å². The standard InChI is InChI=1S/C53H101NO5/c1-3-5-7-9-11-13-15-17-19-20-21-23-27-31-35-39-43-47-53(58)59-48-44-40-36-32-28-24-26-30-34-38-42-46-52(57)54-50(49-55)51(56)45-41-37-33-29-25-22-18-16-14-12-10-8-6-4-2/h11,13,17,19,50-51,55-56H,3-10,12,14-16,18,20-49H2,1-2H3,(H,54,57)/b13-11-,19-17-. The van der Waals surface area contributed by atoms with Crippen molar-refractivity contribution >= 4 is 11.9 Å². The van der Waals surface area contributed by atoms with E-state index in [9.17, 15) is 19.8 Å². The van der Waals surface area contributed by atoms with Gasteiger partial charge in [0.2, 0.25) is 5.91 Å². The van der Waals surface area contributed by atoms with Crippen LogP contribution in [0.15, 0.2) is 24.3 Å². The fourth-order valence-electron chi connectivity index (χ4n) is 7.96. The number of esters is 1. The molecule has 0 bridgehead atoms. The van der Waals surface area contributed by atoms with E-state index in [1.54, 1.807) is 0 Å². The summed E-state index contributed by atoms with van der Waals surface area (Å²) in [6.07, 6.45) is 57.1. The zero-order chi connectivity index (χ0) is 43.0. The number of unbranched alkanes of at least 4 members (excludes halogenated alkanes) is 33. The third-order valence-corrected chi connectivity index (χ3v) is 12.0. The predicted octanol–water partition coefficient (Wildman–Crippen LogP) is 15.5. The van der Waals surface area contributed by atoms with E-state index >= 15 is 0 Å². The highest BCUT2D eigenvalue weighted by molar-refractivity contribution is 5.76. The SMILES string of the molecule is CCCCC/C=C\C/C=C\CCCCCCCCCC(=O)OCCCCCCCCCCCCCC(=O)NC(CO)C(O)CCCCCCCCCCCCCCCC. The second-order valence-corrected chi connectivity index (χ2v) is 17.9. The number of aliphatic hydroxyl groups is 2. The Hall–Kier alpha value is -1.66. The van der Waals surface area contributed by atoms with Gasteiger partial charge in [-0.1, -0.05) is 231 Å². The molecule has 0 aromatic heterocycles. The highest BCUT2D eigenvalue weighted by atomic mass is 16.5. The zero-order valence-electron chi connectivity index (χ0n) is 39.5. The first-order valence-electron chi connectivity index (χ1n) is 26.1. The minimum Gasteiger partial charge on any atom is -0.466 e. The number of ether oxygens (including phenoxy) is 1. The van der Waals surface area contributed by atoms with Crippen LogP contribution in [0.3, 0.4) is 0 Å². The number of carbonyl (C=O) groups excluding carboxylic acids is 2. The monoisotopic (exact) mass is 832 g/mol. The molecule has 0 radical (unpaired) electrons. The molecule has 0 heterocycles. The average molecular weight is 832 g/mol. The molecule has 0 saturated heterocycles. The van der Waals surface area contributed by atoms with Gasteiger partial charge in [-0.25, -0.2) is 0 Å². The minimum atomic E-state index is -0.676. The lowest BCUT2D eigenvalue weighted by Gasteiger charge is -2.22. The number of nitrogens with one attached hydrogen (secondary N) is 1. The van der Waals surface area contributed by atoms with Gasteiger partial charge in [-0.05, 0) is 57.8 Å². The molecule has 1 amide bonds. The molecule has 2 unspecified atom stereocenters. The van der Waals surface area contributed by atoms with Crippen LogP contribution in [0.1, 0.15) is 277 Å². The number of hydrogen-bond donors (Lipinski definition) is 3. The van der Waals surface area contributed by atoms with Crippen LogP contribution in [0.2, 0.25) is 0 Å². The maximum atomic E-state index is 12.4. The summed E-state index contributed by atoms with van der Waals surface area (Å²) in [5.74, 6) is -0.0754. The number of aliphatic hydroxyl groups excluding tert-OH is 2. The van der Waals surface area contributed by atoms with E-state index in [4.69, 9.17) is 4.74 Å². The van der Waals surface area contributed by atoms with Crippen LogP contribution in [0.5, 0.6) is 0 Å². The summed E-state index contributed by atoms with van der Waals surface area (Å²) in [4.78, 5) is 24.5. The Morgan fingerprint density at radius 2 is 0.847 bits per heavy atom. The molecule has 0 rings (SSSR count). The van der Waals surface area contributed by atoms with Gasteiger partial charge in [0.25, 0.3) is 0 Å². The van der Waals surface area contributed by atoms with Gasteiger partial charge in [-0.3, -0.25) is 9.59 Å². The summed E-state index contributed by atoms with van der Waals surface area (Å²) in [7, 11) is 0. The number of amides is 1. The molecule has 59 heavy (non-hydrogen) atoms. The lowest BCUT2D eigenvalue weighted by molar-refractivity contribution is -0.143. The van der Waals surface area contributed by atoms with Gasteiger partial charge in [0.1, 0.15) is 0 Å². The minimum absolute atomic E-state index is 0.0213. The Morgan fingerprint density at radius 3 is 1.32 bits per heavy atom. The summed E-state index contributed by atoms with van der Waals surface area (Å²) < 4.78 is 5.46. The maximum absolute atomic E-state index is 12.4. The van der Waals surface area contributed by atoms with Gasteiger partial charge in [0, 0.05) is 12.8 Å². The summed E-state index contributed by atoms with van der Waals surface area (Å²) in [5, 5.41) is 23.2. The first kappa shape index (κ1) is 57.3. The Kier molecular flexibility index (Phi) is 47.6. The Bertz CT molecular complexity index is 920. The first-order chi connectivity index (χ1) is 29.0. The molecule has 0 saturated carbocycles. The van der Waals surface area contributed by atoms with Crippen molar-refractivity contribution in [2.45, 2.75) is 289 Å². The molecule has 0 aliphatic carbocycles. The van der Waals surface area contributed by atoms with E-state index in [-0.39, 0.29) is 18.5 Å². The van der Waals surface area contributed by atoms with Gasteiger partial charge < -0.3 is 20.3 Å². The van der Waals surface area contributed by atoms with E-state index < -0.39 is 12.1 Å². The van der Waals surface area contributed by atoms with Gasteiger partial charge in [0.05, 0.1) is 25.4 Å². The third-order valence-electron chi connectivity index (χ3n) is 12.0. The molecule has 3 N–H and O–H groups in total. The second-order valence-electron chi connectivity index (χ2n) is 17.9. The van der Waals surface area contributed by atoms with Crippen LogP contribution < -0.4 is 5.32 Å².